The number of carbonyl (C=O) groups excluding carboxylic acids is 6. The van der Waals surface area contributed by atoms with Crippen molar-refractivity contribution in [3.8, 4) is 5.75 Å². The number of rotatable bonds is 18. The molecule has 6 rings (SSSR count). The minimum Gasteiger partial charge on any atom is -0.479 e. The number of carboxylic acid groups (broad SMARTS) is 1. The van der Waals surface area contributed by atoms with E-state index in [4.69, 9.17) is 36.3 Å². The number of benzene rings is 3. The number of nitrogens with two attached hydrogens (primary N) is 1. The smallest absolute Gasteiger partial charge is 0.409 e. The quantitative estimate of drug-likeness (QED) is 0.0608. The maximum atomic E-state index is 13.0. The van der Waals surface area contributed by atoms with Crippen LogP contribution in [0.15, 0.2) is 54.6 Å². The van der Waals surface area contributed by atoms with Crippen LogP contribution in [0.5, 0.6) is 5.75 Å². The number of carboxylic acids is 1. The summed E-state index contributed by atoms with van der Waals surface area (Å²) in [7, 11) is 1.51. The molecule has 66 heavy (non-hydrogen) atoms. The van der Waals surface area contributed by atoms with Gasteiger partial charge in [0.05, 0.1) is 18.8 Å². The number of carbonyl (C=O) groups is 7. The lowest BCUT2D eigenvalue weighted by Crippen LogP contribution is -2.61. The fourth-order valence-corrected chi connectivity index (χ4v) is 7.53. The van der Waals surface area contributed by atoms with E-state index in [-0.39, 0.29) is 88.5 Å². The van der Waals surface area contributed by atoms with Crippen molar-refractivity contribution in [3.63, 3.8) is 0 Å². The number of hydrogen-bond acceptors (Lipinski definition) is 15. The van der Waals surface area contributed by atoms with Crippen molar-refractivity contribution < 1.29 is 72.9 Å². The van der Waals surface area contributed by atoms with Gasteiger partial charge < -0.3 is 70.9 Å². The number of imide groups is 1. The highest BCUT2D eigenvalue weighted by molar-refractivity contribution is 6.31. The summed E-state index contributed by atoms with van der Waals surface area (Å²) in [6, 6.07) is 13.1. The van der Waals surface area contributed by atoms with Gasteiger partial charge in [-0.15, -0.1) is 0 Å². The van der Waals surface area contributed by atoms with Gasteiger partial charge in [0, 0.05) is 62.5 Å². The topological polar surface area (TPSA) is 318 Å². The van der Waals surface area contributed by atoms with Crippen molar-refractivity contribution in [3.05, 3.63) is 93.0 Å². The van der Waals surface area contributed by atoms with E-state index >= 15 is 0 Å². The third-order valence-electron chi connectivity index (χ3n) is 10.9. The van der Waals surface area contributed by atoms with Gasteiger partial charge in [0.25, 0.3) is 11.8 Å². The number of aliphatic hydroxyl groups excluding tert-OH is 3. The number of likely N-dealkylation sites (N-methyl/N-ethyl adjacent to an activating group) is 1. The summed E-state index contributed by atoms with van der Waals surface area (Å²) in [4.78, 5) is 89.6. The lowest BCUT2D eigenvalue weighted by Gasteiger charge is -2.38. The van der Waals surface area contributed by atoms with Crippen LogP contribution in [-0.4, -0.2) is 149 Å². The molecule has 3 aromatic carbocycles. The Hall–Kier alpha value is -6.40. The first-order chi connectivity index (χ1) is 31.5. The molecule has 7 amide bonds. The molecule has 23 heteroatoms. The number of halogens is 1. The number of nitrogens with zero attached hydrogens (tertiary/aromatic N) is 2. The van der Waals surface area contributed by atoms with Gasteiger partial charge in [-0.1, -0.05) is 35.9 Å². The average molecular weight is 940 g/mol. The molecule has 10 N–H and O–H groups in total. The molecule has 3 aliphatic heterocycles. The Bertz CT molecular complexity index is 2340. The van der Waals surface area contributed by atoms with Crippen LogP contribution in [0.3, 0.4) is 0 Å². The maximum absolute atomic E-state index is 13.0. The number of nitrogens with one attached hydrogen (secondary N) is 4. The zero-order valence-electron chi connectivity index (χ0n) is 35.6. The van der Waals surface area contributed by atoms with Gasteiger partial charge in [-0.2, -0.15) is 0 Å². The van der Waals surface area contributed by atoms with Crippen molar-refractivity contribution >= 4 is 59.0 Å². The van der Waals surface area contributed by atoms with Gasteiger partial charge in [-0.05, 0) is 65.4 Å². The maximum Gasteiger partial charge on any atom is 0.409 e. The van der Waals surface area contributed by atoms with Crippen molar-refractivity contribution in [2.75, 3.05) is 45.2 Å². The molecule has 0 aromatic heterocycles. The third kappa shape index (κ3) is 12.1. The number of fused-ring (bicyclic) bond motifs is 1. The number of ether oxygens (including phenoxy) is 4. The standard InChI is InChI=1S/C43H50ClN7O15/c1-50(43(62)64-21-23-3-8-31(28(17-23)37(56)46-12-11-45)65-41-35(55)33(53)34(54)36(66-41)40(59)60)13-15-63-14-10-24-4-5-26(18-29(24)44)48-42(61)47-19-22-2-6-27-25(16-22)20-51(39(27)58)30-7-9-32(52)49-38(30)57/h2-6,8,16-18,30,33-36,41,53-55H,7,9-15,19-21,45H2,1H3,(H,46,56)(H,59,60)(H2,47,48,61)(H,49,52,57). The summed E-state index contributed by atoms with van der Waals surface area (Å²) < 4.78 is 21.9. The third-order valence-corrected chi connectivity index (χ3v) is 11.2. The summed E-state index contributed by atoms with van der Waals surface area (Å²) in [5.41, 5.74) is 8.91. The van der Waals surface area contributed by atoms with Crippen LogP contribution >= 0.6 is 11.6 Å². The van der Waals surface area contributed by atoms with Gasteiger partial charge in [0.2, 0.25) is 18.1 Å². The van der Waals surface area contributed by atoms with E-state index in [0.717, 1.165) is 16.7 Å². The minimum atomic E-state index is -1.94. The predicted molar refractivity (Wildman–Crippen MR) is 230 cm³/mol. The molecule has 3 aromatic rings. The van der Waals surface area contributed by atoms with Crippen molar-refractivity contribution in [1.82, 2.24) is 25.8 Å². The summed E-state index contributed by atoms with van der Waals surface area (Å²) >= 11 is 6.50. The Morgan fingerprint density at radius 3 is 2.47 bits per heavy atom. The van der Waals surface area contributed by atoms with Crippen LogP contribution < -0.4 is 31.7 Å². The zero-order chi connectivity index (χ0) is 47.7. The molecule has 0 bridgehead atoms. The number of aliphatic hydroxyl groups is 3. The van der Waals surface area contributed by atoms with E-state index in [9.17, 15) is 54.0 Å². The molecular weight excluding hydrogens is 890 g/mol. The Labute approximate surface area is 382 Å². The Morgan fingerprint density at radius 2 is 1.74 bits per heavy atom. The van der Waals surface area contributed by atoms with E-state index in [1.807, 2.05) is 0 Å². The number of hydrogen-bond donors (Lipinski definition) is 9. The zero-order valence-corrected chi connectivity index (χ0v) is 36.3. The second-order valence-corrected chi connectivity index (χ2v) is 16.0. The fourth-order valence-electron chi connectivity index (χ4n) is 7.26. The van der Waals surface area contributed by atoms with E-state index < -0.39 is 66.7 Å². The largest absolute Gasteiger partial charge is 0.479 e. The van der Waals surface area contributed by atoms with Gasteiger partial charge in [-0.3, -0.25) is 24.5 Å². The number of piperidine rings is 1. The minimum absolute atomic E-state index is 0.0845. The highest BCUT2D eigenvalue weighted by Crippen LogP contribution is 2.30. The number of urea groups is 1. The molecule has 2 saturated heterocycles. The van der Waals surface area contributed by atoms with Gasteiger partial charge in [0.1, 0.15) is 36.7 Å². The van der Waals surface area contributed by atoms with Crippen molar-refractivity contribution in [1.29, 1.82) is 0 Å². The Kier molecular flexibility index (Phi) is 16.5. The molecule has 6 unspecified atom stereocenters. The lowest BCUT2D eigenvalue weighted by molar-refractivity contribution is -0.271. The molecule has 354 valence electrons. The molecular formula is C43H50ClN7O15. The summed E-state index contributed by atoms with van der Waals surface area (Å²) in [5.74, 6) is -3.57. The predicted octanol–water partition coefficient (Wildman–Crippen LogP) is 0.210. The van der Waals surface area contributed by atoms with Crippen LogP contribution in [0.1, 0.15) is 55.8 Å². The molecule has 0 radical (unpaired) electrons. The Balaban J connectivity index is 0.910. The van der Waals surface area contributed by atoms with Crippen LogP contribution in [0, 0.1) is 0 Å². The number of amides is 7. The summed E-state index contributed by atoms with van der Waals surface area (Å²) in [6.07, 6.45) is -9.29. The molecule has 3 aliphatic rings. The van der Waals surface area contributed by atoms with Gasteiger partial charge >= 0.3 is 18.1 Å². The SMILES string of the molecule is CN(CCOCCc1ccc(NC(=O)NCc2ccc3c(c2)CN(C2CCC(=O)NC2=O)C3=O)cc1Cl)C(=O)OCc1ccc(OC2OC(C(=O)O)C(O)C(O)C2O)c(C(=O)NCCN)c1. The van der Waals surface area contributed by atoms with Crippen LogP contribution in [0.25, 0.3) is 0 Å². The average Bonchev–Trinajstić information content (AvgIpc) is 3.61. The summed E-state index contributed by atoms with van der Waals surface area (Å²) in [5, 5.41) is 50.7. The fraction of sp³-hybridized carbons (Fsp3) is 0.419. The second-order valence-electron chi connectivity index (χ2n) is 15.6. The van der Waals surface area contributed by atoms with Crippen molar-refractivity contribution in [2.45, 2.75) is 75.7 Å². The molecule has 6 atom stereocenters. The number of aliphatic carboxylic acids is 1. The van der Waals surface area contributed by atoms with E-state index in [2.05, 4.69) is 21.3 Å². The molecule has 0 saturated carbocycles. The first-order valence-electron chi connectivity index (χ1n) is 20.8. The number of anilines is 1. The lowest BCUT2D eigenvalue weighted by atomic mass is 9.99. The Morgan fingerprint density at radius 1 is 0.970 bits per heavy atom. The van der Waals surface area contributed by atoms with E-state index in [1.54, 1.807) is 36.4 Å². The first-order valence-corrected chi connectivity index (χ1v) is 21.2. The monoisotopic (exact) mass is 939 g/mol. The normalized spacial score (nSPS) is 21.4. The van der Waals surface area contributed by atoms with Crippen LogP contribution in [0.2, 0.25) is 5.02 Å². The first kappa shape index (κ1) is 49.0. The second kappa shape index (κ2) is 22.2. The summed E-state index contributed by atoms with van der Waals surface area (Å²) in [6.45, 7) is 0.880. The molecule has 0 spiro atoms. The van der Waals surface area contributed by atoms with E-state index in [0.29, 0.717) is 28.3 Å². The van der Waals surface area contributed by atoms with E-state index in [1.165, 1.54) is 35.0 Å². The highest BCUT2D eigenvalue weighted by atomic mass is 35.5. The molecule has 22 nitrogen and oxygen atoms in total. The molecule has 3 heterocycles. The molecule has 2 fully saturated rings. The van der Waals surface area contributed by atoms with Gasteiger partial charge in [-0.25, -0.2) is 14.4 Å². The van der Waals surface area contributed by atoms with Crippen LogP contribution in [-0.2, 0) is 54.7 Å². The van der Waals surface area contributed by atoms with Crippen molar-refractivity contribution in [2.24, 2.45) is 5.73 Å². The van der Waals surface area contributed by atoms with Crippen LogP contribution in [0.4, 0.5) is 15.3 Å². The molecule has 0 aliphatic carbocycles. The highest BCUT2D eigenvalue weighted by Gasteiger charge is 2.48. The van der Waals surface area contributed by atoms with Gasteiger partial charge in [0.15, 0.2) is 6.10 Å².